The van der Waals surface area contributed by atoms with Gasteiger partial charge in [0.05, 0.1) is 6.54 Å². The minimum Gasteiger partial charge on any atom is -0.338 e. The predicted octanol–water partition coefficient (Wildman–Crippen LogP) is 2.99. The summed E-state index contributed by atoms with van der Waals surface area (Å²) in [5.74, 6) is 1.07. The van der Waals surface area contributed by atoms with Gasteiger partial charge in [0.25, 0.3) is 0 Å². The third kappa shape index (κ3) is 3.99. The molecule has 0 bridgehead atoms. The Balaban J connectivity index is 1.38. The number of nitrogens with zero attached hydrogens (tertiary/aromatic N) is 7. The molecule has 0 aliphatic carbocycles. The number of anilines is 2. The highest BCUT2D eigenvalue weighted by molar-refractivity contribution is 5.60. The number of aryl methyl sites for hydroxylation is 2. The summed E-state index contributed by atoms with van der Waals surface area (Å²) in [5, 5.41) is 24.8. The zero-order valence-electron chi connectivity index (χ0n) is 14.9. The zero-order valence-corrected chi connectivity index (χ0v) is 14.9. The topological polar surface area (TPSA) is 105 Å². The van der Waals surface area contributed by atoms with Crippen LogP contribution < -0.4 is 5.32 Å². The van der Waals surface area contributed by atoms with Crippen LogP contribution in [0.3, 0.4) is 0 Å². The smallest absolute Gasteiger partial charge is 0.204 e. The number of nitrogens with one attached hydrogen (secondary N) is 1. The van der Waals surface area contributed by atoms with Crippen molar-refractivity contribution in [3.05, 3.63) is 78.2 Å². The second kappa shape index (κ2) is 8.05. The summed E-state index contributed by atoms with van der Waals surface area (Å²) >= 11 is 0. The molecule has 0 fully saturated rings. The molecule has 1 N–H and O–H groups in total. The van der Waals surface area contributed by atoms with Crippen molar-refractivity contribution in [1.29, 1.82) is 5.26 Å². The molecule has 2 aromatic carbocycles. The largest absolute Gasteiger partial charge is 0.338 e. The van der Waals surface area contributed by atoms with Gasteiger partial charge in [-0.1, -0.05) is 42.5 Å². The highest BCUT2D eigenvalue weighted by Gasteiger charge is 2.06. The standard InChI is InChI=1S/C20H16N8/c21-14-18-20(23-12-11-22-18)24-17-8-6-15(7-9-17)10-13-28-26-19(25-27-28)16-4-2-1-3-5-16/h1-9,11-12H,10,13H2,(H,23,24). The van der Waals surface area contributed by atoms with E-state index in [4.69, 9.17) is 5.26 Å². The van der Waals surface area contributed by atoms with Crippen LogP contribution in [0.4, 0.5) is 11.5 Å². The second-order valence-corrected chi connectivity index (χ2v) is 6.01. The predicted molar refractivity (Wildman–Crippen MR) is 103 cm³/mol. The first-order valence-electron chi connectivity index (χ1n) is 8.72. The van der Waals surface area contributed by atoms with Gasteiger partial charge in [-0.05, 0) is 29.3 Å². The summed E-state index contributed by atoms with van der Waals surface area (Å²) in [5.41, 5.74) is 3.19. The van der Waals surface area contributed by atoms with E-state index in [2.05, 4.69) is 30.7 Å². The molecule has 0 aliphatic heterocycles. The minimum atomic E-state index is 0.262. The molecule has 28 heavy (non-hydrogen) atoms. The van der Waals surface area contributed by atoms with Gasteiger partial charge in [-0.15, -0.1) is 10.2 Å². The van der Waals surface area contributed by atoms with Crippen LogP contribution in [0.25, 0.3) is 11.4 Å². The lowest BCUT2D eigenvalue weighted by Gasteiger charge is -2.07. The second-order valence-electron chi connectivity index (χ2n) is 6.01. The van der Waals surface area contributed by atoms with Crippen LogP contribution >= 0.6 is 0 Å². The van der Waals surface area contributed by atoms with Gasteiger partial charge < -0.3 is 5.32 Å². The van der Waals surface area contributed by atoms with Crippen molar-refractivity contribution in [3.8, 4) is 17.5 Å². The molecule has 0 radical (unpaired) electrons. The number of hydrogen-bond acceptors (Lipinski definition) is 7. The minimum absolute atomic E-state index is 0.262. The van der Waals surface area contributed by atoms with Crippen LogP contribution in [0.2, 0.25) is 0 Å². The van der Waals surface area contributed by atoms with Crippen LogP contribution in [-0.2, 0) is 13.0 Å². The highest BCUT2D eigenvalue weighted by atomic mass is 15.6. The van der Waals surface area contributed by atoms with Crippen LogP contribution in [0.1, 0.15) is 11.3 Å². The lowest BCUT2D eigenvalue weighted by molar-refractivity contribution is 0.523. The Labute approximate surface area is 161 Å². The Bertz CT molecular complexity index is 1100. The molecule has 0 amide bonds. The highest BCUT2D eigenvalue weighted by Crippen LogP contribution is 2.17. The average Bonchev–Trinajstić information content (AvgIpc) is 3.23. The van der Waals surface area contributed by atoms with Crippen LogP contribution in [0.5, 0.6) is 0 Å². The van der Waals surface area contributed by atoms with Crippen molar-refractivity contribution >= 4 is 11.5 Å². The molecular weight excluding hydrogens is 352 g/mol. The monoisotopic (exact) mass is 368 g/mol. The molecule has 0 saturated heterocycles. The molecule has 4 aromatic rings. The fourth-order valence-corrected chi connectivity index (χ4v) is 2.67. The SMILES string of the molecule is N#Cc1nccnc1Nc1ccc(CCn2nnc(-c3ccccc3)n2)cc1. The Morgan fingerprint density at radius 2 is 1.75 bits per heavy atom. The van der Waals surface area contributed by atoms with Gasteiger partial charge in [-0.3, -0.25) is 0 Å². The molecule has 8 nitrogen and oxygen atoms in total. The van der Waals surface area contributed by atoms with Gasteiger partial charge in [-0.2, -0.15) is 10.1 Å². The van der Waals surface area contributed by atoms with E-state index in [1.165, 1.54) is 6.20 Å². The Kier molecular flexibility index (Phi) is 4.98. The quantitative estimate of drug-likeness (QED) is 0.558. The van der Waals surface area contributed by atoms with Gasteiger partial charge in [0.2, 0.25) is 5.82 Å². The molecule has 0 spiro atoms. The number of hydrogen-bond donors (Lipinski definition) is 1. The maximum atomic E-state index is 9.08. The van der Waals surface area contributed by atoms with E-state index in [9.17, 15) is 0 Å². The van der Waals surface area contributed by atoms with Crippen molar-refractivity contribution in [3.63, 3.8) is 0 Å². The van der Waals surface area contributed by atoms with Crippen molar-refractivity contribution in [1.82, 2.24) is 30.2 Å². The summed E-state index contributed by atoms with van der Waals surface area (Å²) < 4.78 is 0. The molecular formula is C20H16N8. The number of nitriles is 1. The Morgan fingerprint density at radius 3 is 2.54 bits per heavy atom. The van der Waals surface area contributed by atoms with Gasteiger partial charge >= 0.3 is 0 Å². The molecule has 2 aromatic heterocycles. The van der Waals surface area contributed by atoms with Crippen molar-refractivity contribution < 1.29 is 0 Å². The van der Waals surface area contributed by atoms with Crippen LogP contribution in [-0.4, -0.2) is 30.2 Å². The molecule has 0 atom stereocenters. The summed E-state index contributed by atoms with van der Waals surface area (Å²) in [4.78, 5) is 9.74. The maximum Gasteiger partial charge on any atom is 0.204 e. The van der Waals surface area contributed by atoms with E-state index in [0.29, 0.717) is 18.2 Å². The van der Waals surface area contributed by atoms with Crippen LogP contribution in [0, 0.1) is 11.3 Å². The summed E-state index contributed by atoms with van der Waals surface area (Å²) in [6.45, 7) is 0.634. The van der Waals surface area contributed by atoms with Gasteiger partial charge in [0.1, 0.15) is 6.07 Å². The third-order valence-corrected chi connectivity index (χ3v) is 4.11. The van der Waals surface area contributed by atoms with Gasteiger partial charge in [-0.25, -0.2) is 9.97 Å². The molecule has 0 saturated carbocycles. The van der Waals surface area contributed by atoms with Crippen LogP contribution in [0.15, 0.2) is 67.0 Å². The van der Waals surface area contributed by atoms with Crippen molar-refractivity contribution in [2.45, 2.75) is 13.0 Å². The third-order valence-electron chi connectivity index (χ3n) is 4.11. The van der Waals surface area contributed by atoms with E-state index in [1.54, 1.807) is 11.0 Å². The summed E-state index contributed by atoms with van der Waals surface area (Å²) in [6.07, 6.45) is 3.82. The van der Waals surface area contributed by atoms with Crippen molar-refractivity contribution in [2.75, 3.05) is 5.32 Å². The number of benzene rings is 2. The number of aromatic nitrogens is 6. The van der Waals surface area contributed by atoms with E-state index in [1.807, 2.05) is 60.7 Å². The Hall–Kier alpha value is -4.12. The molecule has 0 unspecified atom stereocenters. The first-order chi connectivity index (χ1) is 13.8. The molecule has 4 rings (SSSR count). The molecule has 8 heteroatoms. The van der Waals surface area contributed by atoms with E-state index in [0.717, 1.165) is 23.2 Å². The van der Waals surface area contributed by atoms with Gasteiger partial charge in [0.15, 0.2) is 11.5 Å². The van der Waals surface area contributed by atoms with E-state index >= 15 is 0 Å². The average molecular weight is 368 g/mol. The molecule has 136 valence electrons. The first-order valence-corrected chi connectivity index (χ1v) is 8.72. The molecule has 0 aliphatic rings. The summed E-state index contributed by atoms with van der Waals surface area (Å²) in [7, 11) is 0. The lowest BCUT2D eigenvalue weighted by atomic mass is 10.1. The molecule has 2 heterocycles. The summed E-state index contributed by atoms with van der Waals surface area (Å²) in [6, 6.07) is 19.7. The fourth-order valence-electron chi connectivity index (χ4n) is 2.67. The zero-order chi connectivity index (χ0) is 19.2. The van der Waals surface area contributed by atoms with Crippen molar-refractivity contribution in [2.24, 2.45) is 0 Å². The Morgan fingerprint density at radius 1 is 0.964 bits per heavy atom. The normalized spacial score (nSPS) is 10.4. The lowest BCUT2D eigenvalue weighted by Crippen LogP contribution is -2.05. The van der Waals surface area contributed by atoms with E-state index in [-0.39, 0.29) is 5.69 Å². The number of rotatable bonds is 6. The maximum absolute atomic E-state index is 9.08. The number of tetrazole rings is 1. The fraction of sp³-hybridized carbons (Fsp3) is 0.100. The van der Waals surface area contributed by atoms with Gasteiger partial charge in [0, 0.05) is 23.6 Å². The first kappa shape index (κ1) is 17.3. The van der Waals surface area contributed by atoms with E-state index < -0.39 is 0 Å².